The lowest BCUT2D eigenvalue weighted by Gasteiger charge is -2.23. The van der Waals surface area contributed by atoms with Crippen LogP contribution in [0.4, 0.5) is 0 Å². The minimum Gasteiger partial charge on any atom is -0.0683 e. The topological polar surface area (TPSA) is 0 Å². The van der Waals surface area contributed by atoms with Gasteiger partial charge in [0, 0.05) is 0 Å². The van der Waals surface area contributed by atoms with Crippen LogP contribution in [0.15, 0.2) is 0 Å². The second-order valence-electron chi connectivity index (χ2n) is 4.37. The minimum absolute atomic E-state index is 0.601. The maximum absolute atomic E-state index is 2.40. The molecule has 0 bridgehead atoms. The zero-order valence-corrected chi connectivity index (χ0v) is 12.7. The summed E-state index contributed by atoms with van der Waals surface area (Å²) in [7, 11) is 0. The summed E-state index contributed by atoms with van der Waals surface area (Å²) in [6.45, 7) is 17.3. The molecular formula is C15H36. The Hall–Kier alpha value is 0. The lowest BCUT2D eigenvalue weighted by molar-refractivity contribution is 0.292. The van der Waals surface area contributed by atoms with Crippen LogP contribution in [-0.4, -0.2) is 0 Å². The van der Waals surface area contributed by atoms with Gasteiger partial charge in [0.15, 0.2) is 0 Å². The van der Waals surface area contributed by atoms with E-state index in [4.69, 9.17) is 0 Å². The Morgan fingerprint density at radius 2 is 1.13 bits per heavy atom. The van der Waals surface area contributed by atoms with Crippen LogP contribution in [0.25, 0.3) is 0 Å². The molecule has 0 aliphatic carbocycles. The van der Waals surface area contributed by atoms with Gasteiger partial charge in [-0.2, -0.15) is 0 Å². The van der Waals surface area contributed by atoms with Crippen LogP contribution in [0, 0.1) is 5.41 Å². The molecule has 0 heteroatoms. The van der Waals surface area contributed by atoms with Crippen molar-refractivity contribution in [2.45, 2.75) is 93.9 Å². The highest BCUT2D eigenvalue weighted by atomic mass is 14.2. The highest BCUT2D eigenvalue weighted by Gasteiger charge is 2.14. The van der Waals surface area contributed by atoms with E-state index in [1.807, 2.05) is 27.7 Å². The fourth-order valence-corrected chi connectivity index (χ4v) is 1.66. The second-order valence-corrected chi connectivity index (χ2v) is 4.37. The third kappa shape index (κ3) is 20.2. The van der Waals surface area contributed by atoms with Crippen molar-refractivity contribution in [3.05, 3.63) is 0 Å². The predicted molar refractivity (Wildman–Crippen MR) is 75.5 cm³/mol. The molecule has 0 saturated carbocycles. The van der Waals surface area contributed by atoms with Gasteiger partial charge in [-0.1, -0.05) is 81.1 Å². The molecule has 0 amide bonds. The summed E-state index contributed by atoms with van der Waals surface area (Å²) in [6, 6.07) is 0. The fraction of sp³-hybridized carbons (Fsp3) is 1.00. The number of rotatable bonds is 6. The molecule has 0 aromatic rings. The highest BCUT2D eigenvalue weighted by molar-refractivity contribution is 4.67. The standard InChI is InChI=1S/C11H24.2C2H6/c1-5-7-8-10-11(3,4)9-6-2;2*1-2/h5-10H2,1-4H3;2*1-2H3. The van der Waals surface area contributed by atoms with E-state index < -0.39 is 0 Å². The first-order valence-corrected chi connectivity index (χ1v) is 7.12. The molecule has 0 nitrogen and oxygen atoms in total. The van der Waals surface area contributed by atoms with Gasteiger partial charge in [-0.05, 0) is 18.3 Å². The predicted octanol–water partition coefficient (Wildman–Crippen LogP) is 6.45. The Kier molecular flexibility index (Phi) is 22.4. The molecule has 0 N–H and O–H groups in total. The summed E-state index contributed by atoms with van der Waals surface area (Å²) >= 11 is 0. The van der Waals surface area contributed by atoms with Gasteiger partial charge in [-0.3, -0.25) is 0 Å². The highest BCUT2D eigenvalue weighted by Crippen LogP contribution is 2.28. The summed E-state index contributed by atoms with van der Waals surface area (Å²) in [5.41, 5.74) is 0.601. The zero-order chi connectivity index (χ0) is 12.7. The molecule has 0 unspecified atom stereocenters. The quantitative estimate of drug-likeness (QED) is 0.448. The Bertz CT molecular complexity index is 82.0. The van der Waals surface area contributed by atoms with E-state index in [9.17, 15) is 0 Å². The maximum Gasteiger partial charge on any atom is -0.0354 e. The molecule has 0 rings (SSSR count). The third-order valence-corrected chi connectivity index (χ3v) is 2.38. The van der Waals surface area contributed by atoms with Crippen molar-refractivity contribution in [3.8, 4) is 0 Å². The lowest BCUT2D eigenvalue weighted by atomic mass is 9.83. The summed E-state index contributed by atoms with van der Waals surface area (Å²) in [4.78, 5) is 0. The zero-order valence-electron chi connectivity index (χ0n) is 12.7. The van der Waals surface area contributed by atoms with Crippen LogP contribution in [0.5, 0.6) is 0 Å². The third-order valence-electron chi connectivity index (χ3n) is 2.38. The fourth-order valence-electron chi connectivity index (χ4n) is 1.66. The molecule has 0 aromatic carbocycles. The van der Waals surface area contributed by atoms with E-state index in [0.29, 0.717) is 5.41 Å². The number of hydrogen-bond acceptors (Lipinski definition) is 0. The average molecular weight is 216 g/mol. The Labute approximate surface area is 99.9 Å². The SMILES string of the molecule is CC.CC.CCCCCC(C)(C)CCC. The van der Waals surface area contributed by atoms with Gasteiger partial charge in [0.05, 0.1) is 0 Å². The van der Waals surface area contributed by atoms with Crippen molar-refractivity contribution in [1.29, 1.82) is 0 Å². The van der Waals surface area contributed by atoms with Crippen LogP contribution in [0.3, 0.4) is 0 Å². The monoisotopic (exact) mass is 216 g/mol. The maximum atomic E-state index is 2.40. The van der Waals surface area contributed by atoms with E-state index in [1.165, 1.54) is 38.5 Å². The van der Waals surface area contributed by atoms with Crippen molar-refractivity contribution in [2.24, 2.45) is 5.41 Å². The van der Waals surface area contributed by atoms with Gasteiger partial charge in [-0.25, -0.2) is 0 Å². The molecule has 0 fully saturated rings. The van der Waals surface area contributed by atoms with Crippen molar-refractivity contribution in [3.63, 3.8) is 0 Å². The Balaban J connectivity index is -0.000000318. The van der Waals surface area contributed by atoms with E-state index in [1.54, 1.807) is 0 Å². The molecule has 0 aromatic heterocycles. The first-order chi connectivity index (χ1) is 7.12. The van der Waals surface area contributed by atoms with Crippen molar-refractivity contribution in [2.75, 3.05) is 0 Å². The lowest BCUT2D eigenvalue weighted by Crippen LogP contribution is -2.10. The summed E-state index contributed by atoms with van der Waals surface area (Å²) in [5, 5.41) is 0. The number of unbranched alkanes of at least 4 members (excludes halogenated alkanes) is 2. The van der Waals surface area contributed by atoms with Crippen LogP contribution in [0.2, 0.25) is 0 Å². The molecule has 0 aliphatic heterocycles. The smallest absolute Gasteiger partial charge is 0.0354 e. The summed E-state index contributed by atoms with van der Waals surface area (Å²) < 4.78 is 0. The number of hydrogen-bond donors (Lipinski definition) is 0. The summed E-state index contributed by atoms with van der Waals surface area (Å²) in [6.07, 6.45) is 8.31. The largest absolute Gasteiger partial charge is 0.0683 e. The Morgan fingerprint density at radius 1 is 0.667 bits per heavy atom. The minimum atomic E-state index is 0.601. The molecule has 0 atom stereocenters. The van der Waals surface area contributed by atoms with E-state index in [0.717, 1.165) is 0 Å². The van der Waals surface area contributed by atoms with Gasteiger partial charge >= 0.3 is 0 Å². The molecule has 96 valence electrons. The van der Waals surface area contributed by atoms with Gasteiger partial charge in [-0.15, -0.1) is 0 Å². The van der Waals surface area contributed by atoms with E-state index in [-0.39, 0.29) is 0 Å². The van der Waals surface area contributed by atoms with Gasteiger partial charge in [0.2, 0.25) is 0 Å². The van der Waals surface area contributed by atoms with E-state index >= 15 is 0 Å². The Morgan fingerprint density at radius 3 is 1.47 bits per heavy atom. The van der Waals surface area contributed by atoms with Crippen LogP contribution in [0.1, 0.15) is 93.9 Å². The molecule has 15 heavy (non-hydrogen) atoms. The van der Waals surface area contributed by atoms with Gasteiger partial charge < -0.3 is 0 Å². The molecule has 0 heterocycles. The molecule has 0 spiro atoms. The van der Waals surface area contributed by atoms with Gasteiger partial charge in [0.25, 0.3) is 0 Å². The van der Waals surface area contributed by atoms with E-state index in [2.05, 4.69) is 27.7 Å². The normalized spacial score (nSPS) is 9.60. The molecule has 0 saturated heterocycles. The van der Waals surface area contributed by atoms with Crippen LogP contribution < -0.4 is 0 Å². The first-order valence-electron chi connectivity index (χ1n) is 7.12. The molecule has 0 aliphatic rings. The van der Waals surface area contributed by atoms with Crippen LogP contribution in [-0.2, 0) is 0 Å². The first kappa shape index (κ1) is 20.4. The average Bonchev–Trinajstić information content (AvgIpc) is 2.24. The van der Waals surface area contributed by atoms with Gasteiger partial charge in [0.1, 0.15) is 0 Å². The van der Waals surface area contributed by atoms with Crippen molar-refractivity contribution in [1.82, 2.24) is 0 Å². The molecule has 0 radical (unpaired) electrons. The van der Waals surface area contributed by atoms with Crippen molar-refractivity contribution >= 4 is 0 Å². The van der Waals surface area contributed by atoms with Crippen LogP contribution >= 0.6 is 0 Å². The van der Waals surface area contributed by atoms with Crippen molar-refractivity contribution < 1.29 is 0 Å². The molecular weight excluding hydrogens is 180 g/mol. The summed E-state index contributed by atoms with van der Waals surface area (Å²) in [5.74, 6) is 0. The second kappa shape index (κ2) is 16.4.